The largest absolute Gasteiger partial charge is 0.493 e. The Hall–Kier alpha value is -2.24. The van der Waals surface area contributed by atoms with E-state index in [0.29, 0.717) is 18.8 Å². The quantitative estimate of drug-likeness (QED) is 0.749. The average Bonchev–Trinajstić information content (AvgIpc) is 2.58. The molecule has 3 amide bonds. The molecule has 0 aromatic heterocycles. The number of nitrogens with one attached hydrogen (secondary N) is 3. The first-order valence-electron chi connectivity index (χ1n) is 8.57. The summed E-state index contributed by atoms with van der Waals surface area (Å²) in [5.74, 6) is 1.38. The minimum atomic E-state index is -0.164. The summed E-state index contributed by atoms with van der Waals surface area (Å²) >= 11 is 0. The predicted molar refractivity (Wildman–Crippen MR) is 94.2 cm³/mol. The molecular weight excluding hydrogens is 306 g/mol. The van der Waals surface area contributed by atoms with Gasteiger partial charge in [-0.1, -0.05) is 6.92 Å². The molecule has 0 bridgehead atoms. The first kappa shape index (κ1) is 18.1. The van der Waals surface area contributed by atoms with Crippen molar-refractivity contribution in [2.45, 2.75) is 45.1 Å². The Kier molecular flexibility index (Phi) is 6.90. The lowest BCUT2D eigenvalue weighted by Crippen LogP contribution is -2.39. The first-order chi connectivity index (χ1) is 11.6. The molecule has 1 aromatic carbocycles. The molecule has 0 unspecified atom stereocenters. The molecule has 0 atom stereocenters. The van der Waals surface area contributed by atoms with Crippen LogP contribution in [0.25, 0.3) is 0 Å². The number of urea groups is 1. The van der Waals surface area contributed by atoms with Gasteiger partial charge < -0.3 is 20.7 Å². The second kappa shape index (κ2) is 9.15. The van der Waals surface area contributed by atoms with Crippen LogP contribution in [-0.4, -0.2) is 31.6 Å². The highest BCUT2D eigenvalue weighted by molar-refractivity contribution is 5.89. The maximum absolute atomic E-state index is 12.0. The SMILES string of the molecule is CNC(=O)CCOc1ccc(NC(=O)NC2CCC(C)CC2)cc1. The number of anilines is 1. The van der Waals surface area contributed by atoms with Crippen molar-refractivity contribution in [3.05, 3.63) is 24.3 Å². The summed E-state index contributed by atoms with van der Waals surface area (Å²) in [6, 6.07) is 7.25. The molecule has 1 aliphatic carbocycles. The van der Waals surface area contributed by atoms with Crippen molar-refractivity contribution in [1.29, 1.82) is 0 Å². The van der Waals surface area contributed by atoms with Crippen LogP contribution in [0, 0.1) is 5.92 Å². The zero-order valence-electron chi connectivity index (χ0n) is 14.4. The molecule has 0 spiro atoms. The Labute approximate surface area is 143 Å². The van der Waals surface area contributed by atoms with Crippen molar-refractivity contribution in [1.82, 2.24) is 10.6 Å². The Morgan fingerprint density at radius 3 is 2.42 bits per heavy atom. The summed E-state index contributed by atoms with van der Waals surface area (Å²) in [6.07, 6.45) is 4.76. The fourth-order valence-electron chi connectivity index (χ4n) is 2.78. The summed E-state index contributed by atoms with van der Waals surface area (Å²) in [7, 11) is 1.60. The number of rotatable bonds is 6. The number of amides is 3. The molecule has 0 aliphatic heterocycles. The van der Waals surface area contributed by atoms with E-state index in [4.69, 9.17) is 4.74 Å². The van der Waals surface area contributed by atoms with Crippen molar-refractivity contribution in [2.24, 2.45) is 5.92 Å². The fourth-order valence-corrected chi connectivity index (χ4v) is 2.78. The minimum Gasteiger partial charge on any atom is -0.493 e. The van der Waals surface area contributed by atoms with E-state index in [-0.39, 0.29) is 18.0 Å². The first-order valence-corrected chi connectivity index (χ1v) is 8.57. The molecule has 2 rings (SSSR count). The van der Waals surface area contributed by atoms with Gasteiger partial charge in [-0.3, -0.25) is 4.79 Å². The Bertz CT molecular complexity index is 537. The number of carbonyl (C=O) groups excluding carboxylic acids is 2. The van der Waals surface area contributed by atoms with E-state index in [1.165, 1.54) is 12.8 Å². The number of hydrogen-bond acceptors (Lipinski definition) is 3. The molecule has 6 nitrogen and oxygen atoms in total. The van der Waals surface area contributed by atoms with Crippen molar-refractivity contribution in [2.75, 3.05) is 19.0 Å². The van der Waals surface area contributed by atoms with Crippen LogP contribution in [0.15, 0.2) is 24.3 Å². The van der Waals surface area contributed by atoms with E-state index in [9.17, 15) is 9.59 Å². The van der Waals surface area contributed by atoms with Crippen LogP contribution in [0.5, 0.6) is 5.75 Å². The van der Waals surface area contributed by atoms with Gasteiger partial charge in [0.2, 0.25) is 5.91 Å². The molecule has 24 heavy (non-hydrogen) atoms. The highest BCUT2D eigenvalue weighted by atomic mass is 16.5. The monoisotopic (exact) mass is 333 g/mol. The van der Waals surface area contributed by atoms with Gasteiger partial charge in [-0.25, -0.2) is 4.79 Å². The summed E-state index contributed by atoms with van der Waals surface area (Å²) < 4.78 is 5.48. The fraction of sp³-hybridized carbons (Fsp3) is 0.556. The Morgan fingerprint density at radius 1 is 1.12 bits per heavy atom. The van der Waals surface area contributed by atoms with Crippen LogP contribution in [-0.2, 0) is 4.79 Å². The zero-order chi connectivity index (χ0) is 17.4. The summed E-state index contributed by atoms with van der Waals surface area (Å²) in [6.45, 7) is 2.58. The van der Waals surface area contributed by atoms with E-state index < -0.39 is 0 Å². The highest BCUT2D eigenvalue weighted by Gasteiger charge is 2.19. The van der Waals surface area contributed by atoms with Gasteiger partial charge in [0.05, 0.1) is 13.0 Å². The maximum Gasteiger partial charge on any atom is 0.319 e. The maximum atomic E-state index is 12.0. The van der Waals surface area contributed by atoms with Gasteiger partial charge in [0, 0.05) is 18.8 Å². The lowest BCUT2D eigenvalue weighted by atomic mass is 9.87. The van der Waals surface area contributed by atoms with E-state index in [2.05, 4.69) is 22.9 Å². The van der Waals surface area contributed by atoms with Gasteiger partial charge in [0.15, 0.2) is 0 Å². The zero-order valence-corrected chi connectivity index (χ0v) is 14.4. The van der Waals surface area contributed by atoms with E-state index in [1.54, 1.807) is 31.3 Å². The molecule has 1 fully saturated rings. The van der Waals surface area contributed by atoms with Crippen LogP contribution in [0.3, 0.4) is 0 Å². The molecule has 0 radical (unpaired) electrons. The van der Waals surface area contributed by atoms with Gasteiger partial charge in [0.25, 0.3) is 0 Å². The third-order valence-corrected chi connectivity index (χ3v) is 4.34. The molecule has 6 heteroatoms. The molecule has 132 valence electrons. The average molecular weight is 333 g/mol. The van der Waals surface area contributed by atoms with E-state index in [0.717, 1.165) is 24.4 Å². The van der Waals surface area contributed by atoms with Crippen molar-refractivity contribution in [3.63, 3.8) is 0 Å². The Balaban J connectivity index is 1.72. The van der Waals surface area contributed by atoms with Crippen LogP contribution in [0.4, 0.5) is 10.5 Å². The third kappa shape index (κ3) is 6.10. The van der Waals surface area contributed by atoms with Gasteiger partial charge >= 0.3 is 6.03 Å². The van der Waals surface area contributed by atoms with Gasteiger partial charge in [-0.2, -0.15) is 0 Å². The van der Waals surface area contributed by atoms with E-state index >= 15 is 0 Å². The van der Waals surface area contributed by atoms with Crippen molar-refractivity contribution >= 4 is 17.6 Å². The van der Waals surface area contributed by atoms with Crippen molar-refractivity contribution in [3.8, 4) is 5.75 Å². The number of hydrogen-bond donors (Lipinski definition) is 3. The molecule has 1 saturated carbocycles. The molecule has 1 aliphatic rings. The number of ether oxygens (including phenoxy) is 1. The Morgan fingerprint density at radius 2 is 1.79 bits per heavy atom. The second-order valence-electron chi connectivity index (χ2n) is 6.35. The molecule has 3 N–H and O–H groups in total. The lowest BCUT2D eigenvalue weighted by Gasteiger charge is -2.26. The lowest BCUT2D eigenvalue weighted by molar-refractivity contribution is -0.121. The van der Waals surface area contributed by atoms with E-state index in [1.807, 2.05) is 0 Å². The summed E-state index contributed by atoms with van der Waals surface area (Å²) in [5.41, 5.74) is 0.718. The summed E-state index contributed by atoms with van der Waals surface area (Å²) in [4.78, 5) is 23.1. The highest BCUT2D eigenvalue weighted by Crippen LogP contribution is 2.23. The molecular formula is C18H27N3O3. The molecule has 0 saturated heterocycles. The predicted octanol–water partition coefficient (Wildman–Crippen LogP) is 2.90. The number of benzene rings is 1. The second-order valence-corrected chi connectivity index (χ2v) is 6.35. The standard InChI is InChI=1S/C18H27N3O3/c1-13-3-5-14(6-4-13)20-18(23)21-15-7-9-16(10-8-15)24-12-11-17(22)19-2/h7-10,13-14H,3-6,11-12H2,1-2H3,(H,19,22)(H2,20,21,23). The minimum absolute atomic E-state index is 0.0536. The van der Waals surface area contributed by atoms with Crippen LogP contribution in [0.2, 0.25) is 0 Å². The summed E-state index contributed by atoms with van der Waals surface area (Å²) in [5, 5.41) is 8.42. The number of carbonyl (C=O) groups is 2. The molecule has 0 heterocycles. The van der Waals surface area contributed by atoms with Crippen LogP contribution in [0.1, 0.15) is 39.0 Å². The van der Waals surface area contributed by atoms with Crippen LogP contribution >= 0.6 is 0 Å². The van der Waals surface area contributed by atoms with Gasteiger partial charge in [-0.05, 0) is 55.9 Å². The normalized spacial score (nSPS) is 20.1. The van der Waals surface area contributed by atoms with Crippen molar-refractivity contribution < 1.29 is 14.3 Å². The smallest absolute Gasteiger partial charge is 0.319 e. The molecule has 1 aromatic rings. The van der Waals surface area contributed by atoms with Gasteiger partial charge in [-0.15, -0.1) is 0 Å². The van der Waals surface area contributed by atoms with Gasteiger partial charge in [0.1, 0.15) is 5.75 Å². The third-order valence-electron chi connectivity index (χ3n) is 4.34. The van der Waals surface area contributed by atoms with Crippen LogP contribution < -0.4 is 20.7 Å². The topological polar surface area (TPSA) is 79.5 Å².